The summed E-state index contributed by atoms with van der Waals surface area (Å²) in [6, 6.07) is 33.3. The topological polar surface area (TPSA) is 109 Å². The second-order valence-corrected chi connectivity index (χ2v) is 17.4. The molecule has 4 aromatic rings. The minimum absolute atomic E-state index is 0.00303. The molecule has 1 saturated carbocycles. The molecule has 7 atom stereocenters. The maximum atomic E-state index is 13.0. The molecule has 3 fully saturated rings. The first-order chi connectivity index (χ1) is 26.9. The monoisotopic (exact) mass is 759 g/mol. The fourth-order valence-electron chi connectivity index (χ4n) is 9.65. The molecule has 2 amide bonds. The van der Waals surface area contributed by atoms with E-state index in [0.717, 1.165) is 52.0 Å². The van der Waals surface area contributed by atoms with E-state index < -0.39 is 24.3 Å². The number of aliphatic hydroxyl groups is 1. The van der Waals surface area contributed by atoms with E-state index in [1.165, 1.54) is 26.4 Å². The fraction of sp³-hybridized carbons (Fsp3) is 0.447. The van der Waals surface area contributed by atoms with Crippen LogP contribution in [0, 0.1) is 16.7 Å². The summed E-state index contributed by atoms with van der Waals surface area (Å²) in [5.74, 6) is -0.390. The van der Waals surface area contributed by atoms with E-state index in [9.17, 15) is 14.7 Å². The van der Waals surface area contributed by atoms with E-state index >= 15 is 0 Å². The van der Waals surface area contributed by atoms with Crippen LogP contribution in [0.3, 0.4) is 0 Å². The third-order valence-corrected chi connectivity index (χ3v) is 12.0. The molecule has 3 N–H and O–H groups in total. The molecule has 2 heterocycles. The van der Waals surface area contributed by atoms with Gasteiger partial charge in [0.2, 0.25) is 0 Å². The SMILES string of the molecule is COC(=O)C(Cc1ccccc1)NC(=O)NCc1cccc(-c2cccc(C3OC(CN4CC5(C)CC4CC(C)(C)C5)C(C)C(c4ccc(CO)cc4)O3)c2)c1. The summed E-state index contributed by atoms with van der Waals surface area (Å²) < 4.78 is 18.8. The maximum Gasteiger partial charge on any atom is 0.328 e. The van der Waals surface area contributed by atoms with Crippen LogP contribution in [0.5, 0.6) is 0 Å². The Morgan fingerprint density at radius 3 is 2.30 bits per heavy atom. The van der Waals surface area contributed by atoms with Gasteiger partial charge < -0.3 is 30.0 Å². The molecule has 296 valence electrons. The number of urea groups is 1. The largest absolute Gasteiger partial charge is 0.467 e. The predicted octanol–water partition coefficient (Wildman–Crippen LogP) is 8.12. The summed E-state index contributed by atoms with van der Waals surface area (Å²) in [6.45, 7) is 11.8. The second-order valence-electron chi connectivity index (χ2n) is 17.4. The molecule has 56 heavy (non-hydrogen) atoms. The minimum atomic E-state index is -0.812. The van der Waals surface area contributed by atoms with Gasteiger partial charge in [0.05, 0.1) is 25.9 Å². The van der Waals surface area contributed by atoms with Crippen LogP contribution in [0.4, 0.5) is 4.79 Å². The van der Waals surface area contributed by atoms with Gasteiger partial charge in [0.25, 0.3) is 0 Å². The van der Waals surface area contributed by atoms with Gasteiger partial charge in [-0.2, -0.15) is 0 Å². The van der Waals surface area contributed by atoms with Crippen molar-refractivity contribution in [2.75, 3.05) is 20.2 Å². The first-order valence-electron chi connectivity index (χ1n) is 20.0. The first kappa shape index (κ1) is 39.7. The molecule has 0 aromatic heterocycles. The van der Waals surface area contributed by atoms with Crippen molar-refractivity contribution in [2.45, 2.75) is 97.1 Å². The minimum Gasteiger partial charge on any atom is -0.467 e. The lowest BCUT2D eigenvalue weighted by atomic mass is 9.65. The van der Waals surface area contributed by atoms with Gasteiger partial charge >= 0.3 is 12.0 Å². The maximum absolute atomic E-state index is 13.0. The van der Waals surface area contributed by atoms with Crippen molar-refractivity contribution in [1.82, 2.24) is 15.5 Å². The van der Waals surface area contributed by atoms with Crippen LogP contribution >= 0.6 is 0 Å². The number of benzene rings is 4. The number of hydrogen-bond donors (Lipinski definition) is 3. The molecule has 2 saturated heterocycles. The number of likely N-dealkylation sites (tertiary alicyclic amines) is 1. The van der Waals surface area contributed by atoms with Crippen LogP contribution in [-0.2, 0) is 38.6 Å². The van der Waals surface area contributed by atoms with E-state index in [1.54, 1.807) is 0 Å². The predicted molar refractivity (Wildman–Crippen MR) is 217 cm³/mol. The van der Waals surface area contributed by atoms with Crippen molar-refractivity contribution in [1.29, 1.82) is 0 Å². The molecule has 2 aliphatic heterocycles. The van der Waals surface area contributed by atoms with Crippen LogP contribution in [0.25, 0.3) is 11.1 Å². The Balaban J connectivity index is 1.07. The average molecular weight is 760 g/mol. The van der Waals surface area contributed by atoms with Crippen molar-refractivity contribution in [3.05, 3.63) is 131 Å². The van der Waals surface area contributed by atoms with Crippen LogP contribution < -0.4 is 10.6 Å². The molecule has 0 spiro atoms. The zero-order chi connectivity index (χ0) is 39.5. The average Bonchev–Trinajstić information content (AvgIpc) is 3.44. The first-order valence-corrected chi connectivity index (χ1v) is 20.0. The molecule has 0 radical (unpaired) electrons. The number of rotatable bonds is 12. The molecule has 1 aliphatic carbocycles. The molecule has 9 heteroatoms. The molecule has 4 aromatic carbocycles. The summed E-state index contributed by atoms with van der Waals surface area (Å²) in [7, 11) is 1.32. The van der Waals surface area contributed by atoms with Crippen molar-refractivity contribution < 1.29 is 28.9 Å². The number of fused-ring (bicyclic) bond motifs is 2. The molecule has 9 nitrogen and oxygen atoms in total. The Kier molecular flexibility index (Phi) is 12.0. The van der Waals surface area contributed by atoms with Gasteiger partial charge in [-0.15, -0.1) is 0 Å². The van der Waals surface area contributed by atoms with Gasteiger partial charge in [0.15, 0.2) is 6.29 Å². The number of hydrogen-bond acceptors (Lipinski definition) is 7. The molecule has 7 rings (SSSR count). The molecule has 3 aliphatic rings. The lowest BCUT2D eigenvalue weighted by molar-refractivity contribution is -0.276. The fourth-order valence-corrected chi connectivity index (χ4v) is 9.65. The third-order valence-electron chi connectivity index (χ3n) is 12.0. The van der Waals surface area contributed by atoms with Gasteiger partial charge in [0, 0.05) is 43.6 Å². The number of aliphatic hydroxyl groups excluding tert-OH is 1. The van der Waals surface area contributed by atoms with Crippen molar-refractivity contribution in [3.63, 3.8) is 0 Å². The van der Waals surface area contributed by atoms with E-state index in [1.807, 2.05) is 60.7 Å². The summed E-state index contributed by atoms with van der Waals surface area (Å²) in [6.07, 6.45) is 3.23. The highest BCUT2D eigenvalue weighted by Crippen LogP contribution is 2.53. The quantitative estimate of drug-likeness (QED) is 0.125. The number of methoxy groups -OCH3 is 1. The highest BCUT2D eigenvalue weighted by atomic mass is 16.7. The third kappa shape index (κ3) is 9.35. The molecule has 2 bridgehead atoms. The van der Waals surface area contributed by atoms with Crippen LogP contribution in [0.1, 0.15) is 87.2 Å². The molecule has 7 unspecified atom stereocenters. The van der Waals surface area contributed by atoms with Crippen molar-refractivity contribution in [3.8, 4) is 11.1 Å². The normalized spacial score (nSPS) is 26.3. The Hall–Kier alpha value is -4.54. The zero-order valence-corrected chi connectivity index (χ0v) is 33.4. The van der Waals surface area contributed by atoms with E-state index in [4.69, 9.17) is 14.2 Å². The summed E-state index contributed by atoms with van der Waals surface area (Å²) in [5.41, 5.74) is 7.42. The standard InChI is InChI=1S/C47H57N3O6/c1-31-41(27-50-30-47(4)25-39(50)24-46(2,3)29-47)55-44(56-42(31)35-19-17-33(28-51)18-20-35)38-16-10-15-37(23-38)36-14-9-13-34(21-36)26-48-45(53)49-40(43(52)54-5)22-32-11-7-6-8-12-32/h6-21,23,31,39-42,44,51H,22,24-30H2,1-5H3,(H2,48,49,53). The van der Waals surface area contributed by atoms with E-state index in [0.29, 0.717) is 23.3 Å². The lowest BCUT2D eigenvalue weighted by Crippen LogP contribution is -2.47. The molecular formula is C47H57N3O6. The number of nitrogens with one attached hydrogen (secondary N) is 2. The van der Waals surface area contributed by atoms with Crippen molar-refractivity contribution >= 4 is 12.0 Å². The summed E-state index contributed by atoms with van der Waals surface area (Å²) in [4.78, 5) is 28.1. The van der Waals surface area contributed by atoms with Crippen LogP contribution in [-0.4, -0.2) is 60.4 Å². The molecular weight excluding hydrogens is 703 g/mol. The lowest BCUT2D eigenvalue weighted by Gasteiger charge is -2.43. The Morgan fingerprint density at radius 1 is 0.857 bits per heavy atom. The second kappa shape index (κ2) is 16.9. The number of ether oxygens (including phenoxy) is 3. The Labute approximate surface area is 331 Å². The number of esters is 1. The van der Waals surface area contributed by atoms with Crippen molar-refractivity contribution in [2.24, 2.45) is 16.7 Å². The van der Waals surface area contributed by atoms with Gasteiger partial charge in [-0.05, 0) is 75.6 Å². The van der Waals surface area contributed by atoms with Crippen LogP contribution in [0.15, 0.2) is 103 Å². The van der Waals surface area contributed by atoms with Gasteiger partial charge in [0.1, 0.15) is 6.04 Å². The summed E-state index contributed by atoms with van der Waals surface area (Å²) in [5, 5.41) is 15.4. The number of carbonyl (C=O) groups is 2. The Morgan fingerprint density at radius 2 is 1.57 bits per heavy atom. The van der Waals surface area contributed by atoms with E-state index in [2.05, 4.69) is 85.7 Å². The highest BCUT2D eigenvalue weighted by molar-refractivity contribution is 5.83. The number of amides is 2. The summed E-state index contributed by atoms with van der Waals surface area (Å²) >= 11 is 0. The van der Waals surface area contributed by atoms with E-state index in [-0.39, 0.29) is 31.3 Å². The van der Waals surface area contributed by atoms with Crippen LogP contribution in [0.2, 0.25) is 0 Å². The van der Waals surface area contributed by atoms with Gasteiger partial charge in [-0.3, -0.25) is 4.90 Å². The Bertz CT molecular complexity index is 1970. The number of carbonyl (C=O) groups excluding carboxylic acids is 2. The van der Waals surface area contributed by atoms with Gasteiger partial charge in [-0.25, -0.2) is 9.59 Å². The zero-order valence-electron chi connectivity index (χ0n) is 33.4. The smallest absolute Gasteiger partial charge is 0.328 e. The number of nitrogens with zero attached hydrogens (tertiary/aromatic N) is 1. The van der Waals surface area contributed by atoms with Gasteiger partial charge in [-0.1, -0.05) is 119 Å². The highest BCUT2D eigenvalue weighted by Gasteiger charge is 2.51.